The van der Waals surface area contributed by atoms with Crippen molar-refractivity contribution >= 4 is 11.6 Å². The summed E-state index contributed by atoms with van der Waals surface area (Å²) in [7, 11) is 0. The first kappa shape index (κ1) is 11.9. The van der Waals surface area contributed by atoms with Crippen LogP contribution in [-0.4, -0.2) is 31.6 Å². The van der Waals surface area contributed by atoms with Gasteiger partial charge in [-0.15, -0.1) is 0 Å². The number of hydrogen-bond donors (Lipinski definition) is 2. The standard InChI is InChI=1S/C13H19N3O/c1-9-5-10(2)7-11(6-9)16-4-3-15-13(17)12(16)8-14/h5-7,12H,3-4,8,14H2,1-2H3,(H,15,17). The molecule has 1 aromatic carbocycles. The number of carbonyl (C=O) groups is 1. The molecule has 2 rings (SSSR count). The predicted molar refractivity (Wildman–Crippen MR) is 69.1 cm³/mol. The second-order valence-electron chi connectivity index (χ2n) is 4.58. The molecule has 1 saturated heterocycles. The summed E-state index contributed by atoms with van der Waals surface area (Å²) in [6.07, 6.45) is 0. The van der Waals surface area contributed by atoms with Crippen molar-refractivity contribution in [2.75, 3.05) is 24.5 Å². The normalized spacial score (nSPS) is 20.3. The summed E-state index contributed by atoms with van der Waals surface area (Å²) in [5.74, 6) is 0.0258. The molecule has 0 spiro atoms. The zero-order valence-corrected chi connectivity index (χ0v) is 10.4. The lowest BCUT2D eigenvalue weighted by Gasteiger charge is -2.36. The molecule has 1 aliphatic heterocycles. The van der Waals surface area contributed by atoms with Crippen LogP contribution in [0.15, 0.2) is 18.2 Å². The van der Waals surface area contributed by atoms with Gasteiger partial charge >= 0.3 is 0 Å². The highest BCUT2D eigenvalue weighted by molar-refractivity contribution is 5.86. The fourth-order valence-electron chi connectivity index (χ4n) is 2.37. The highest BCUT2D eigenvalue weighted by Crippen LogP contribution is 2.21. The largest absolute Gasteiger partial charge is 0.357 e. The van der Waals surface area contributed by atoms with Gasteiger partial charge in [-0.05, 0) is 37.1 Å². The molecule has 1 atom stereocenters. The van der Waals surface area contributed by atoms with Crippen molar-refractivity contribution < 1.29 is 4.79 Å². The average Bonchev–Trinajstić information content (AvgIpc) is 2.27. The van der Waals surface area contributed by atoms with Gasteiger partial charge in [0.05, 0.1) is 0 Å². The van der Waals surface area contributed by atoms with Gasteiger partial charge in [0.2, 0.25) is 5.91 Å². The number of aryl methyl sites for hydroxylation is 2. The highest BCUT2D eigenvalue weighted by atomic mass is 16.2. The average molecular weight is 233 g/mol. The van der Waals surface area contributed by atoms with E-state index in [0.29, 0.717) is 13.1 Å². The number of rotatable bonds is 2. The number of nitrogens with one attached hydrogen (secondary N) is 1. The van der Waals surface area contributed by atoms with E-state index in [1.807, 2.05) is 0 Å². The Morgan fingerprint density at radius 3 is 2.59 bits per heavy atom. The molecule has 0 radical (unpaired) electrons. The van der Waals surface area contributed by atoms with Gasteiger partial charge in [0.25, 0.3) is 0 Å². The number of benzene rings is 1. The van der Waals surface area contributed by atoms with Crippen molar-refractivity contribution in [3.63, 3.8) is 0 Å². The van der Waals surface area contributed by atoms with Gasteiger partial charge in [-0.2, -0.15) is 0 Å². The van der Waals surface area contributed by atoms with Crippen LogP contribution in [0.1, 0.15) is 11.1 Å². The Kier molecular flexibility index (Phi) is 3.33. The predicted octanol–water partition coefficient (Wildman–Crippen LogP) is 0.567. The molecule has 0 aromatic heterocycles. The number of nitrogens with two attached hydrogens (primary N) is 1. The number of nitrogens with zero attached hydrogens (tertiary/aromatic N) is 1. The monoisotopic (exact) mass is 233 g/mol. The van der Waals surface area contributed by atoms with E-state index < -0.39 is 0 Å². The molecule has 3 N–H and O–H groups in total. The Morgan fingerprint density at radius 1 is 1.35 bits per heavy atom. The molecule has 0 aliphatic carbocycles. The fourth-order valence-corrected chi connectivity index (χ4v) is 2.37. The third-order valence-electron chi connectivity index (χ3n) is 3.09. The molecule has 92 valence electrons. The molecule has 1 fully saturated rings. The third kappa shape index (κ3) is 2.42. The number of hydrogen-bond acceptors (Lipinski definition) is 3. The van der Waals surface area contributed by atoms with Crippen LogP contribution >= 0.6 is 0 Å². The van der Waals surface area contributed by atoms with E-state index in [9.17, 15) is 4.79 Å². The van der Waals surface area contributed by atoms with E-state index in [-0.39, 0.29) is 11.9 Å². The van der Waals surface area contributed by atoms with Crippen LogP contribution in [-0.2, 0) is 4.79 Å². The zero-order chi connectivity index (χ0) is 12.4. The molecule has 0 saturated carbocycles. The Hall–Kier alpha value is -1.55. The van der Waals surface area contributed by atoms with Crippen LogP contribution in [0, 0.1) is 13.8 Å². The van der Waals surface area contributed by atoms with E-state index in [1.54, 1.807) is 0 Å². The van der Waals surface area contributed by atoms with Gasteiger partial charge in [-0.3, -0.25) is 4.79 Å². The topological polar surface area (TPSA) is 58.4 Å². The van der Waals surface area contributed by atoms with Crippen LogP contribution in [0.25, 0.3) is 0 Å². The number of piperazine rings is 1. The third-order valence-corrected chi connectivity index (χ3v) is 3.09. The fraction of sp³-hybridized carbons (Fsp3) is 0.462. The molecular weight excluding hydrogens is 214 g/mol. The second-order valence-corrected chi connectivity index (χ2v) is 4.58. The summed E-state index contributed by atoms with van der Waals surface area (Å²) in [5, 5.41) is 2.85. The maximum atomic E-state index is 11.7. The summed E-state index contributed by atoms with van der Waals surface area (Å²) >= 11 is 0. The molecule has 4 heteroatoms. The number of carbonyl (C=O) groups excluding carboxylic acids is 1. The smallest absolute Gasteiger partial charge is 0.244 e. The van der Waals surface area contributed by atoms with Crippen LogP contribution in [0.3, 0.4) is 0 Å². The van der Waals surface area contributed by atoms with E-state index in [4.69, 9.17) is 5.73 Å². The lowest BCUT2D eigenvalue weighted by molar-refractivity contribution is -0.123. The molecule has 0 bridgehead atoms. The summed E-state index contributed by atoms with van der Waals surface area (Å²) in [6, 6.07) is 6.10. The first-order chi connectivity index (χ1) is 8.11. The van der Waals surface area contributed by atoms with E-state index in [0.717, 1.165) is 12.2 Å². The van der Waals surface area contributed by atoms with Gasteiger partial charge < -0.3 is 16.0 Å². The van der Waals surface area contributed by atoms with Gasteiger partial charge in [-0.25, -0.2) is 0 Å². The first-order valence-corrected chi connectivity index (χ1v) is 5.94. The first-order valence-electron chi connectivity index (χ1n) is 5.94. The molecule has 1 aliphatic rings. The minimum atomic E-state index is -0.245. The quantitative estimate of drug-likeness (QED) is 0.785. The van der Waals surface area contributed by atoms with Crippen molar-refractivity contribution in [1.82, 2.24) is 5.32 Å². The Labute approximate surface area is 102 Å². The molecule has 17 heavy (non-hydrogen) atoms. The van der Waals surface area contributed by atoms with Crippen molar-refractivity contribution in [2.45, 2.75) is 19.9 Å². The van der Waals surface area contributed by atoms with E-state index in [2.05, 4.69) is 42.3 Å². The number of anilines is 1. The highest BCUT2D eigenvalue weighted by Gasteiger charge is 2.28. The zero-order valence-electron chi connectivity index (χ0n) is 10.4. The minimum absolute atomic E-state index is 0.0258. The molecule has 1 unspecified atom stereocenters. The summed E-state index contributed by atoms with van der Waals surface area (Å²) in [4.78, 5) is 13.8. The molecular formula is C13H19N3O. The molecule has 1 aromatic rings. The lowest BCUT2D eigenvalue weighted by Crippen LogP contribution is -2.58. The summed E-state index contributed by atoms with van der Waals surface area (Å²) in [5.41, 5.74) is 9.21. The van der Waals surface area contributed by atoms with Crippen molar-refractivity contribution in [1.29, 1.82) is 0 Å². The maximum absolute atomic E-state index is 11.7. The van der Waals surface area contributed by atoms with E-state index in [1.165, 1.54) is 11.1 Å². The molecule has 1 amide bonds. The van der Waals surface area contributed by atoms with Gasteiger partial charge in [-0.1, -0.05) is 6.07 Å². The van der Waals surface area contributed by atoms with Crippen molar-refractivity contribution in [3.8, 4) is 0 Å². The summed E-state index contributed by atoms with van der Waals surface area (Å²) < 4.78 is 0. The van der Waals surface area contributed by atoms with Crippen molar-refractivity contribution in [2.24, 2.45) is 5.73 Å². The Bertz CT molecular complexity index is 410. The second kappa shape index (κ2) is 4.75. The van der Waals surface area contributed by atoms with Gasteiger partial charge in [0.15, 0.2) is 0 Å². The lowest BCUT2D eigenvalue weighted by atomic mass is 10.1. The van der Waals surface area contributed by atoms with Gasteiger partial charge in [0, 0.05) is 25.3 Å². The van der Waals surface area contributed by atoms with Crippen LogP contribution < -0.4 is 16.0 Å². The molecule has 4 nitrogen and oxygen atoms in total. The summed E-state index contributed by atoms with van der Waals surface area (Å²) in [6.45, 7) is 5.98. The molecule has 1 heterocycles. The van der Waals surface area contributed by atoms with Crippen LogP contribution in [0.4, 0.5) is 5.69 Å². The van der Waals surface area contributed by atoms with Crippen molar-refractivity contribution in [3.05, 3.63) is 29.3 Å². The van der Waals surface area contributed by atoms with Gasteiger partial charge in [0.1, 0.15) is 6.04 Å². The minimum Gasteiger partial charge on any atom is -0.357 e. The number of amides is 1. The van der Waals surface area contributed by atoms with E-state index >= 15 is 0 Å². The SMILES string of the molecule is Cc1cc(C)cc(N2CCNC(=O)C2CN)c1. The van der Waals surface area contributed by atoms with Crippen LogP contribution in [0.5, 0.6) is 0 Å². The Balaban J connectivity index is 2.33. The maximum Gasteiger partial charge on any atom is 0.244 e. The van der Waals surface area contributed by atoms with Crippen LogP contribution in [0.2, 0.25) is 0 Å². The Morgan fingerprint density at radius 2 is 2.00 bits per heavy atom.